The first-order chi connectivity index (χ1) is 10.9. The van der Waals surface area contributed by atoms with Crippen LogP contribution in [0.3, 0.4) is 0 Å². The van der Waals surface area contributed by atoms with Crippen LogP contribution in [0.5, 0.6) is 0 Å². The molecule has 0 saturated heterocycles. The smallest absolute Gasteiger partial charge is 0.191 e. The van der Waals surface area contributed by atoms with Gasteiger partial charge in [0, 0.05) is 33.9 Å². The van der Waals surface area contributed by atoms with Crippen LogP contribution in [0.2, 0.25) is 0 Å². The minimum absolute atomic E-state index is 0.496. The molecule has 1 aliphatic rings. The zero-order valence-electron chi connectivity index (χ0n) is 14.2. The molecule has 1 aliphatic carbocycles. The van der Waals surface area contributed by atoms with Gasteiger partial charge in [0.2, 0.25) is 0 Å². The predicted molar refractivity (Wildman–Crippen MR) is 89.5 cm³/mol. The van der Waals surface area contributed by atoms with Crippen molar-refractivity contribution < 1.29 is 14.2 Å². The largest absolute Gasteiger partial charge is 0.382 e. The number of nitrogens with one attached hydrogen (secondary N) is 2. The van der Waals surface area contributed by atoms with Crippen LogP contribution in [0.4, 0.5) is 0 Å². The zero-order chi connectivity index (χ0) is 15.9. The van der Waals surface area contributed by atoms with Crippen molar-refractivity contribution in [2.75, 3.05) is 53.7 Å². The average Bonchev–Trinajstić information content (AvgIpc) is 2.56. The van der Waals surface area contributed by atoms with Crippen molar-refractivity contribution in [1.29, 1.82) is 0 Å². The highest BCUT2D eigenvalue weighted by atomic mass is 16.5. The lowest BCUT2D eigenvalue weighted by atomic mass is 9.98. The summed E-state index contributed by atoms with van der Waals surface area (Å²) < 4.78 is 16.2. The third kappa shape index (κ3) is 9.97. The topological polar surface area (TPSA) is 64.1 Å². The number of methoxy groups -OCH3 is 1. The lowest BCUT2D eigenvalue weighted by Crippen LogP contribution is -2.39. The van der Waals surface area contributed by atoms with E-state index >= 15 is 0 Å². The van der Waals surface area contributed by atoms with Crippen LogP contribution in [-0.4, -0.2) is 65.7 Å². The molecule has 2 N–H and O–H groups in total. The molecule has 0 aromatic rings. The summed E-state index contributed by atoms with van der Waals surface area (Å²) in [5.74, 6) is 0.813. The lowest BCUT2D eigenvalue weighted by Gasteiger charge is -2.22. The molecular weight excluding hydrogens is 282 g/mol. The number of aliphatic imine (C=N–C) groups is 1. The molecule has 130 valence electrons. The van der Waals surface area contributed by atoms with Crippen molar-refractivity contribution in [1.82, 2.24) is 10.6 Å². The fourth-order valence-electron chi connectivity index (χ4n) is 2.47. The SMILES string of the molecule is CN=C(NCCCOC1CCCCC1)NCCOCCOC. The minimum Gasteiger partial charge on any atom is -0.382 e. The molecule has 0 bridgehead atoms. The molecule has 0 atom stereocenters. The molecule has 0 aromatic carbocycles. The van der Waals surface area contributed by atoms with Gasteiger partial charge in [-0.1, -0.05) is 19.3 Å². The van der Waals surface area contributed by atoms with Gasteiger partial charge in [-0.15, -0.1) is 0 Å². The Balaban J connectivity index is 1.92. The van der Waals surface area contributed by atoms with Gasteiger partial charge in [0.25, 0.3) is 0 Å². The Morgan fingerprint density at radius 1 is 1.00 bits per heavy atom. The van der Waals surface area contributed by atoms with E-state index in [-0.39, 0.29) is 0 Å². The first kappa shape index (κ1) is 19.2. The van der Waals surface area contributed by atoms with Crippen molar-refractivity contribution in [3.63, 3.8) is 0 Å². The molecule has 0 unspecified atom stereocenters. The van der Waals surface area contributed by atoms with Gasteiger partial charge in [0.1, 0.15) is 0 Å². The van der Waals surface area contributed by atoms with Gasteiger partial charge in [-0.3, -0.25) is 4.99 Å². The molecule has 22 heavy (non-hydrogen) atoms. The predicted octanol–water partition coefficient (Wildman–Crippen LogP) is 1.55. The van der Waals surface area contributed by atoms with E-state index in [0.29, 0.717) is 25.9 Å². The standard InChI is InChI=1S/C16H33N3O3/c1-17-16(19-10-12-21-14-13-20-2)18-9-6-11-22-15-7-4-3-5-8-15/h15H,3-14H2,1-2H3,(H2,17,18,19). The van der Waals surface area contributed by atoms with Crippen LogP contribution in [-0.2, 0) is 14.2 Å². The number of nitrogens with zero attached hydrogens (tertiary/aromatic N) is 1. The highest BCUT2D eigenvalue weighted by molar-refractivity contribution is 5.79. The fourth-order valence-corrected chi connectivity index (χ4v) is 2.47. The Bertz CT molecular complexity index is 282. The molecule has 1 fully saturated rings. The van der Waals surface area contributed by atoms with E-state index in [9.17, 15) is 0 Å². The van der Waals surface area contributed by atoms with Crippen molar-refractivity contribution in [3.05, 3.63) is 0 Å². The number of hydrogen-bond acceptors (Lipinski definition) is 4. The van der Waals surface area contributed by atoms with E-state index in [1.165, 1.54) is 32.1 Å². The molecule has 1 saturated carbocycles. The summed E-state index contributed by atoms with van der Waals surface area (Å²) in [6, 6.07) is 0. The van der Waals surface area contributed by atoms with Crippen molar-refractivity contribution >= 4 is 5.96 Å². The highest BCUT2D eigenvalue weighted by Gasteiger charge is 2.12. The number of hydrogen-bond donors (Lipinski definition) is 2. The van der Waals surface area contributed by atoms with Gasteiger partial charge in [-0.25, -0.2) is 0 Å². The molecule has 0 radical (unpaired) electrons. The normalized spacial score (nSPS) is 16.7. The van der Waals surface area contributed by atoms with Crippen LogP contribution in [0.1, 0.15) is 38.5 Å². The third-order valence-corrected chi connectivity index (χ3v) is 3.71. The Kier molecular flexibility index (Phi) is 12.0. The summed E-state index contributed by atoms with van der Waals surface area (Å²) >= 11 is 0. The second-order valence-electron chi connectivity index (χ2n) is 5.52. The van der Waals surface area contributed by atoms with E-state index in [1.807, 2.05) is 0 Å². The zero-order valence-corrected chi connectivity index (χ0v) is 14.2. The Morgan fingerprint density at radius 2 is 1.77 bits per heavy atom. The van der Waals surface area contributed by atoms with Gasteiger partial charge in [-0.05, 0) is 19.3 Å². The molecule has 0 amide bonds. The fraction of sp³-hybridized carbons (Fsp3) is 0.938. The van der Waals surface area contributed by atoms with Crippen LogP contribution >= 0.6 is 0 Å². The number of guanidine groups is 1. The average molecular weight is 315 g/mol. The van der Waals surface area contributed by atoms with E-state index < -0.39 is 0 Å². The van der Waals surface area contributed by atoms with Crippen LogP contribution < -0.4 is 10.6 Å². The van der Waals surface area contributed by atoms with Crippen LogP contribution in [0, 0.1) is 0 Å². The second-order valence-corrected chi connectivity index (χ2v) is 5.52. The van der Waals surface area contributed by atoms with Gasteiger partial charge in [0.05, 0.1) is 25.9 Å². The molecule has 0 aliphatic heterocycles. The molecule has 1 rings (SSSR count). The monoisotopic (exact) mass is 315 g/mol. The maximum atomic E-state index is 5.90. The van der Waals surface area contributed by atoms with Gasteiger partial charge < -0.3 is 24.8 Å². The summed E-state index contributed by atoms with van der Waals surface area (Å²) in [5, 5.41) is 6.51. The van der Waals surface area contributed by atoms with E-state index in [4.69, 9.17) is 14.2 Å². The summed E-state index contributed by atoms with van der Waals surface area (Å²) in [7, 11) is 3.45. The molecule has 6 nitrogen and oxygen atoms in total. The highest BCUT2D eigenvalue weighted by Crippen LogP contribution is 2.20. The molecule has 0 aromatic heterocycles. The first-order valence-corrected chi connectivity index (χ1v) is 8.49. The minimum atomic E-state index is 0.496. The molecule has 6 heteroatoms. The first-order valence-electron chi connectivity index (χ1n) is 8.49. The molecule has 0 spiro atoms. The summed E-state index contributed by atoms with van der Waals surface area (Å²) in [4.78, 5) is 4.18. The molecule has 0 heterocycles. The lowest BCUT2D eigenvalue weighted by molar-refractivity contribution is 0.0277. The van der Waals surface area contributed by atoms with Crippen LogP contribution in [0.25, 0.3) is 0 Å². The molecular formula is C16H33N3O3. The number of rotatable bonds is 11. The van der Waals surface area contributed by atoms with Crippen LogP contribution in [0.15, 0.2) is 4.99 Å². The van der Waals surface area contributed by atoms with E-state index in [0.717, 1.165) is 32.1 Å². The Hall–Kier alpha value is -0.850. The summed E-state index contributed by atoms with van der Waals surface area (Å²) in [5.41, 5.74) is 0. The van der Waals surface area contributed by atoms with Crippen molar-refractivity contribution in [3.8, 4) is 0 Å². The quantitative estimate of drug-likeness (QED) is 0.344. The van der Waals surface area contributed by atoms with Gasteiger partial charge >= 0.3 is 0 Å². The van der Waals surface area contributed by atoms with E-state index in [1.54, 1.807) is 14.2 Å². The van der Waals surface area contributed by atoms with Gasteiger partial charge in [-0.2, -0.15) is 0 Å². The summed E-state index contributed by atoms with van der Waals surface area (Å²) in [6.07, 6.45) is 7.99. The number of ether oxygens (including phenoxy) is 3. The maximum Gasteiger partial charge on any atom is 0.191 e. The third-order valence-electron chi connectivity index (χ3n) is 3.71. The Labute approximate surface area is 135 Å². The van der Waals surface area contributed by atoms with E-state index in [2.05, 4.69) is 15.6 Å². The second kappa shape index (κ2) is 13.8. The van der Waals surface area contributed by atoms with Crippen molar-refractivity contribution in [2.45, 2.75) is 44.6 Å². The van der Waals surface area contributed by atoms with Gasteiger partial charge in [0.15, 0.2) is 5.96 Å². The Morgan fingerprint density at radius 3 is 2.50 bits per heavy atom. The van der Waals surface area contributed by atoms with Crippen molar-refractivity contribution in [2.24, 2.45) is 4.99 Å². The maximum absolute atomic E-state index is 5.90. The summed E-state index contributed by atoms with van der Waals surface area (Å²) in [6.45, 7) is 4.35.